The number of rotatable bonds is 7. The van der Waals surface area contributed by atoms with Gasteiger partial charge in [0.05, 0.1) is 6.20 Å². The Morgan fingerprint density at radius 1 is 1.03 bits per heavy atom. The molecule has 0 N–H and O–H groups in total. The van der Waals surface area contributed by atoms with E-state index >= 15 is 0 Å². The number of hydrogen-bond donors (Lipinski definition) is 0. The van der Waals surface area contributed by atoms with E-state index < -0.39 is 0 Å². The highest BCUT2D eigenvalue weighted by molar-refractivity contribution is 5.76. The van der Waals surface area contributed by atoms with Crippen LogP contribution >= 0.6 is 0 Å². The third kappa shape index (κ3) is 5.31. The fourth-order valence-corrected chi connectivity index (χ4v) is 4.84. The maximum atomic E-state index is 12.2. The molecular weight excluding hydrogens is 372 g/mol. The summed E-state index contributed by atoms with van der Waals surface area (Å²) < 4.78 is 1.97. The van der Waals surface area contributed by atoms with Crippen LogP contribution in [0.3, 0.4) is 0 Å². The highest BCUT2D eigenvalue weighted by Crippen LogP contribution is 2.24. The number of amides is 1. The number of aromatic nitrogens is 2. The summed E-state index contributed by atoms with van der Waals surface area (Å²) >= 11 is 0. The third-order valence-electron chi connectivity index (χ3n) is 7.07. The van der Waals surface area contributed by atoms with Gasteiger partial charge in [-0.3, -0.25) is 14.4 Å². The lowest BCUT2D eigenvalue weighted by atomic mass is 9.89. The predicted octanol–water partition coefficient (Wildman–Crippen LogP) is 3.74. The summed E-state index contributed by atoms with van der Waals surface area (Å²) in [6.07, 6.45) is 9.58. The Bertz CT molecular complexity index is 827. The fourth-order valence-electron chi connectivity index (χ4n) is 4.84. The molecule has 1 aromatic heterocycles. The van der Waals surface area contributed by atoms with Crippen LogP contribution in [-0.4, -0.2) is 51.7 Å². The second kappa shape index (κ2) is 9.78. The van der Waals surface area contributed by atoms with E-state index in [9.17, 15) is 4.79 Å². The van der Waals surface area contributed by atoms with Gasteiger partial charge in [0.1, 0.15) is 0 Å². The molecule has 0 atom stereocenters. The van der Waals surface area contributed by atoms with Gasteiger partial charge in [0, 0.05) is 44.4 Å². The molecule has 0 aliphatic carbocycles. The Morgan fingerprint density at radius 2 is 1.70 bits per heavy atom. The number of nitrogens with zero attached hydrogens (tertiary/aromatic N) is 4. The minimum Gasteiger partial charge on any atom is -0.343 e. The van der Waals surface area contributed by atoms with Crippen molar-refractivity contribution in [3.63, 3.8) is 0 Å². The monoisotopic (exact) mass is 408 g/mol. The SMILES string of the molecule is Cc1c(CN2CCC(Cc3ccc(CCC(=O)N4CCCC4)cc3)CC2)cnn1C. The molecule has 0 spiro atoms. The molecule has 5 heteroatoms. The first kappa shape index (κ1) is 21.1. The molecule has 0 saturated carbocycles. The normalized spacial score (nSPS) is 18.3. The molecule has 3 heterocycles. The van der Waals surface area contributed by atoms with Crippen molar-refractivity contribution in [1.29, 1.82) is 0 Å². The lowest BCUT2D eigenvalue weighted by Gasteiger charge is -2.32. The van der Waals surface area contributed by atoms with Crippen molar-refractivity contribution in [1.82, 2.24) is 19.6 Å². The van der Waals surface area contributed by atoms with E-state index in [1.54, 1.807) is 0 Å². The van der Waals surface area contributed by atoms with E-state index in [4.69, 9.17) is 0 Å². The Hall–Kier alpha value is -2.14. The summed E-state index contributed by atoms with van der Waals surface area (Å²) in [4.78, 5) is 16.8. The fraction of sp³-hybridized carbons (Fsp3) is 0.600. The first-order chi connectivity index (χ1) is 14.6. The molecule has 2 aromatic rings. The minimum atomic E-state index is 0.324. The van der Waals surface area contributed by atoms with Crippen LogP contribution in [0.4, 0.5) is 0 Å². The zero-order chi connectivity index (χ0) is 20.9. The van der Waals surface area contributed by atoms with Crippen molar-refractivity contribution in [3.8, 4) is 0 Å². The second-order valence-corrected chi connectivity index (χ2v) is 9.21. The van der Waals surface area contributed by atoms with Crippen molar-refractivity contribution in [2.24, 2.45) is 13.0 Å². The molecule has 1 aromatic carbocycles. The van der Waals surface area contributed by atoms with Crippen LogP contribution in [0.1, 0.15) is 54.5 Å². The number of hydrogen-bond acceptors (Lipinski definition) is 3. The van der Waals surface area contributed by atoms with Crippen LogP contribution in [0.15, 0.2) is 30.5 Å². The number of carbonyl (C=O) groups is 1. The summed E-state index contributed by atoms with van der Waals surface area (Å²) in [5, 5.41) is 4.37. The highest BCUT2D eigenvalue weighted by Gasteiger charge is 2.21. The van der Waals surface area contributed by atoms with Gasteiger partial charge in [0.2, 0.25) is 5.91 Å². The number of benzene rings is 1. The van der Waals surface area contributed by atoms with Gasteiger partial charge in [0.15, 0.2) is 0 Å². The zero-order valence-electron chi connectivity index (χ0n) is 18.6. The first-order valence-electron chi connectivity index (χ1n) is 11.6. The Balaban J connectivity index is 1.19. The summed E-state index contributed by atoms with van der Waals surface area (Å²) in [7, 11) is 2.02. The topological polar surface area (TPSA) is 41.4 Å². The highest BCUT2D eigenvalue weighted by atomic mass is 16.2. The molecule has 0 bridgehead atoms. The van der Waals surface area contributed by atoms with Crippen molar-refractivity contribution in [2.45, 2.75) is 58.4 Å². The van der Waals surface area contributed by atoms with Gasteiger partial charge in [-0.25, -0.2) is 0 Å². The Kier molecular flexibility index (Phi) is 6.88. The van der Waals surface area contributed by atoms with Gasteiger partial charge < -0.3 is 4.90 Å². The predicted molar refractivity (Wildman–Crippen MR) is 120 cm³/mol. The van der Waals surface area contributed by atoms with E-state index in [0.717, 1.165) is 32.0 Å². The number of likely N-dealkylation sites (tertiary alicyclic amines) is 2. The van der Waals surface area contributed by atoms with Crippen LogP contribution in [-0.2, 0) is 31.2 Å². The lowest BCUT2D eigenvalue weighted by Crippen LogP contribution is -2.34. The van der Waals surface area contributed by atoms with Gasteiger partial charge >= 0.3 is 0 Å². The lowest BCUT2D eigenvalue weighted by molar-refractivity contribution is -0.130. The molecule has 2 aliphatic rings. The second-order valence-electron chi connectivity index (χ2n) is 9.21. The zero-order valence-corrected chi connectivity index (χ0v) is 18.6. The molecule has 0 unspecified atom stereocenters. The van der Waals surface area contributed by atoms with Crippen LogP contribution in [0.25, 0.3) is 0 Å². The van der Waals surface area contributed by atoms with Gasteiger partial charge in [-0.1, -0.05) is 24.3 Å². The van der Waals surface area contributed by atoms with Crippen LogP contribution in [0.5, 0.6) is 0 Å². The van der Waals surface area contributed by atoms with Gasteiger partial charge in [-0.2, -0.15) is 5.10 Å². The van der Waals surface area contributed by atoms with Gasteiger partial charge in [0.25, 0.3) is 0 Å². The first-order valence-corrected chi connectivity index (χ1v) is 11.6. The standard InChI is InChI=1S/C25H36N4O/c1-20-24(18-26-27(20)2)19-28-15-11-23(12-16-28)17-22-7-5-21(6-8-22)9-10-25(30)29-13-3-4-14-29/h5-8,18,23H,3-4,9-17,19H2,1-2H3. The smallest absolute Gasteiger partial charge is 0.222 e. The maximum absolute atomic E-state index is 12.2. The quantitative estimate of drug-likeness (QED) is 0.701. The molecule has 0 radical (unpaired) electrons. The Labute approximate surface area is 181 Å². The molecule has 5 nitrogen and oxygen atoms in total. The maximum Gasteiger partial charge on any atom is 0.222 e. The molecule has 2 saturated heterocycles. The Morgan fingerprint density at radius 3 is 2.33 bits per heavy atom. The van der Waals surface area contributed by atoms with E-state index in [-0.39, 0.29) is 0 Å². The van der Waals surface area contributed by atoms with Crippen LogP contribution < -0.4 is 0 Å². The molecular formula is C25H36N4O. The van der Waals surface area contributed by atoms with Crippen LogP contribution in [0, 0.1) is 12.8 Å². The summed E-state index contributed by atoms with van der Waals surface area (Å²) in [5.41, 5.74) is 5.35. The third-order valence-corrected chi connectivity index (χ3v) is 7.07. The van der Waals surface area contributed by atoms with Gasteiger partial charge in [-0.05, 0) is 75.6 Å². The van der Waals surface area contributed by atoms with Crippen molar-refractivity contribution in [3.05, 3.63) is 52.8 Å². The van der Waals surface area contributed by atoms with Crippen LogP contribution in [0.2, 0.25) is 0 Å². The minimum absolute atomic E-state index is 0.324. The number of carbonyl (C=O) groups excluding carboxylic acids is 1. The summed E-state index contributed by atoms with van der Waals surface area (Å²) in [6, 6.07) is 9.02. The van der Waals surface area contributed by atoms with Gasteiger partial charge in [-0.15, -0.1) is 0 Å². The molecule has 4 rings (SSSR count). The summed E-state index contributed by atoms with van der Waals surface area (Å²) in [6.45, 7) is 7.44. The molecule has 2 aliphatic heterocycles. The molecule has 30 heavy (non-hydrogen) atoms. The average molecular weight is 409 g/mol. The van der Waals surface area contributed by atoms with E-state index in [1.807, 2.05) is 22.8 Å². The summed E-state index contributed by atoms with van der Waals surface area (Å²) in [5.74, 6) is 1.10. The van der Waals surface area contributed by atoms with E-state index in [2.05, 4.69) is 41.2 Å². The number of aryl methyl sites for hydroxylation is 2. The average Bonchev–Trinajstić information content (AvgIpc) is 3.41. The van der Waals surface area contributed by atoms with Crippen molar-refractivity contribution >= 4 is 5.91 Å². The molecule has 1 amide bonds. The van der Waals surface area contributed by atoms with Crippen molar-refractivity contribution < 1.29 is 4.79 Å². The van der Waals surface area contributed by atoms with E-state index in [1.165, 1.54) is 67.6 Å². The molecule has 162 valence electrons. The largest absolute Gasteiger partial charge is 0.343 e. The number of piperidine rings is 1. The van der Waals surface area contributed by atoms with E-state index in [0.29, 0.717) is 12.3 Å². The molecule has 2 fully saturated rings. The van der Waals surface area contributed by atoms with Crippen molar-refractivity contribution in [2.75, 3.05) is 26.2 Å².